The van der Waals surface area contributed by atoms with Gasteiger partial charge >= 0.3 is 0 Å². The Morgan fingerprint density at radius 3 is 1.80 bits per heavy atom. The van der Waals surface area contributed by atoms with E-state index in [-0.39, 0.29) is 0 Å². The smallest absolute Gasteiger partial charge is 0.0913 e. The molecule has 0 amide bonds. The van der Waals surface area contributed by atoms with Crippen LogP contribution in [0.4, 0.5) is 0 Å². The summed E-state index contributed by atoms with van der Waals surface area (Å²) < 4.78 is 0. The van der Waals surface area contributed by atoms with Crippen molar-refractivity contribution in [3.8, 4) is 0 Å². The van der Waals surface area contributed by atoms with E-state index in [1.54, 1.807) is 5.20 Å². The average Bonchev–Trinajstić information content (AvgIpc) is 2.67. The van der Waals surface area contributed by atoms with E-state index in [1.807, 2.05) is 0 Å². The standard InChI is InChI=1S/C19H28Si/c1-13(2)20(14(3)4,15(5)6)19-12-17-10-8-9-11-18(17)16(19)7/h8-15H,7H2,1-6H3. The minimum atomic E-state index is -1.59. The second-order valence-electron chi connectivity index (χ2n) is 7.02. The molecule has 0 aromatic heterocycles. The van der Waals surface area contributed by atoms with Crippen LogP contribution in [0.5, 0.6) is 0 Å². The molecule has 0 bridgehead atoms. The lowest BCUT2D eigenvalue weighted by molar-refractivity contribution is 0.829. The molecule has 0 aliphatic heterocycles. The molecular formula is C19H28Si. The van der Waals surface area contributed by atoms with E-state index in [0.717, 1.165) is 16.6 Å². The third kappa shape index (κ3) is 2.03. The third-order valence-corrected chi connectivity index (χ3v) is 12.4. The minimum Gasteiger partial charge on any atom is -0.0913 e. The van der Waals surface area contributed by atoms with Crippen LogP contribution in [0.1, 0.15) is 52.7 Å². The zero-order valence-corrected chi connectivity index (χ0v) is 14.8. The van der Waals surface area contributed by atoms with Gasteiger partial charge in [0.15, 0.2) is 0 Å². The molecule has 0 spiro atoms. The lowest BCUT2D eigenvalue weighted by Gasteiger charge is -2.45. The SMILES string of the molecule is C=C1C([Si](C(C)C)(C(C)C)C(C)C)=Cc2ccccc21. The first-order valence-electron chi connectivity index (χ1n) is 7.84. The molecule has 0 atom stereocenters. The molecule has 0 heterocycles. The Morgan fingerprint density at radius 2 is 1.35 bits per heavy atom. The first-order chi connectivity index (χ1) is 9.33. The highest BCUT2D eigenvalue weighted by Gasteiger charge is 2.47. The van der Waals surface area contributed by atoms with E-state index in [2.05, 4.69) is 78.5 Å². The molecule has 0 saturated carbocycles. The van der Waals surface area contributed by atoms with Crippen molar-refractivity contribution in [1.29, 1.82) is 0 Å². The summed E-state index contributed by atoms with van der Waals surface area (Å²) in [6.45, 7) is 19.0. The maximum atomic E-state index is 4.46. The van der Waals surface area contributed by atoms with E-state index in [1.165, 1.54) is 16.7 Å². The van der Waals surface area contributed by atoms with Gasteiger partial charge in [-0.2, -0.15) is 0 Å². The molecule has 1 aromatic rings. The summed E-state index contributed by atoms with van der Waals surface area (Å²) in [5.41, 5.74) is 6.22. The second kappa shape index (κ2) is 5.36. The Kier molecular flexibility index (Phi) is 4.11. The number of rotatable bonds is 4. The van der Waals surface area contributed by atoms with Crippen molar-refractivity contribution in [2.75, 3.05) is 0 Å². The Balaban J connectivity index is 2.62. The fourth-order valence-corrected chi connectivity index (χ4v) is 11.5. The van der Waals surface area contributed by atoms with Gasteiger partial charge in [0.25, 0.3) is 0 Å². The van der Waals surface area contributed by atoms with Crippen molar-refractivity contribution in [2.45, 2.75) is 58.2 Å². The van der Waals surface area contributed by atoms with Gasteiger partial charge < -0.3 is 0 Å². The van der Waals surface area contributed by atoms with Crippen molar-refractivity contribution >= 4 is 19.7 Å². The van der Waals surface area contributed by atoms with Crippen LogP contribution in [0, 0.1) is 0 Å². The first kappa shape index (κ1) is 15.3. The minimum absolute atomic E-state index is 0.736. The van der Waals surface area contributed by atoms with Crippen LogP contribution in [-0.2, 0) is 0 Å². The largest absolute Gasteiger partial charge is 0.0950 e. The number of benzene rings is 1. The third-order valence-electron chi connectivity index (χ3n) is 5.24. The van der Waals surface area contributed by atoms with Gasteiger partial charge in [0.05, 0.1) is 8.07 Å². The summed E-state index contributed by atoms with van der Waals surface area (Å²) >= 11 is 0. The molecule has 0 radical (unpaired) electrons. The van der Waals surface area contributed by atoms with Crippen molar-refractivity contribution in [3.63, 3.8) is 0 Å². The lowest BCUT2D eigenvalue weighted by Crippen LogP contribution is -2.46. The zero-order valence-electron chi connectivity index (χ0n) is 13.8. The Labute approximate surface area is 125 Å². The predicted octanol–water partition coefficient (Wildman–Crippen LogP) is 6.31. The van der Waals surface area contributed by atoms with E-state index in [0.29, 0.717) is 0 Å². The summed E-state index contributed by atoms with van der Waals surface area (Å²) in [6, 6.07) is 8.72. The fourth-order valence-electron chi connectivity index (χ4n) is 4.60. The summed E-state index contributed by atoms with van der Waals surface area (Å²) in [5, 5.41) is 1.60. The molecule has 1 aromatic carbocycles. The number of hydrogen-bond acceptors (Lipinski definition) is 0. The molecule has 0 nitrogen and oxygen atoms in total. The van der Waals surface area contributed by atoms with Crippen LogP contribution < -0.4 is 0 Å². The molecule has 0 fully saturated rings. The first-order valence-corrected chi connectivity index (χ1v) is 10.1. The zero-order chi connectivity index (χ0) is 15.1. The van der Waals surface area contributed by atoms with Crippen LogP contribution in [0.2, 0.25) is 16.6 Å². The van der Waals surface area contributed by atoms with Gasteiger partial charge in [-0.1, -0.05) is 83.7 Å². The molecule has 2 rings (SSSR count). The second-order valence-corrected chi connectivity index (χ2v) is 12.9. The van der Waals surface area contributed by atoms with Crippen molar-refractivity contribution in [3.05, 3.63) is 47.2 Å². The van der Waals surface area contributed by atoms with Gasteiger partial charge in [-0.05, 0) is 33.3 Å². The van der Waals surface area contributed by atoms with E-state index < -0.39 is 8.07 Å². The number of hydrogen-bond donors (Lipinski definition) is 0. The molecule has 0 unspecified atom stereocenters. The van der Waals surface area contributed by atoms with Crippen LogP contribution in [0.25, 0.3) is 11.6 Å². The lowest BCUT2D eigenvalue weighted by atomic mass is 10.1. The quantitative estimate of drug-likeness (QED) is 0.568. The van der Waals surface area contributed by atoms with Crippen LogP contribution in [-0.4, -0.2) is 8.07 Å². The average molecular weight is 285 g/mol. The van der Waals surface area contributed by atoms with Gasteiger partial charge in [-0.3, -0.25) is 0 Å². The van der Waals surface area contributed by atoms with Crippen LogP contribution in [0.15, 0.2) is 36.0 Å². The number of fused-ring (bicyclic) bond motifs is 1. The Bertz CT molecular complexity index is 525. The molecule has 1 aliphatic rings. The van der Waals surface area contributed by atoms with Gasteiger partial charge in [0.1, 0.15) is 0 Å². The molecule has 1 heteroatoms. The van der Waals surface area contributed by atoms with Gasteiger partial charge in [-0.25, -0.2) is 0 Å². The maximum Gasteiger partial charge on any atom is 0.0950 e. The summed E-state index contributed by atoms with van der Waals surface area (Å²) in [4.78, 5) is 0. The van der Waals surface area contributed by atoms with Crippen LogP contribution >= 0.6 is 0 Å². The predicted molar refractivity (Wildman–Crippen MR) is 94.5 cm³/mol. The Hall–Kier alpha value is -1.08. The summed E-state index contributed by atoms with van der Waals surface area (Å²) in [6.07, 6.45) is 2.45. The van der Waals surface area contributed by atoms with E-state index in [9.17, 15) is 0 Å². The number of allylic oxidation sites excluding steroid dienone is 2. The van der Waals surface area contributed by atoms with Gasteiger partial charge in [-0.15, -0.1) is 0 Å². The summed E-state index contributed by atoms with van der Waals surface area (Å²) in [7, 11) is -1.59. The molecule has 0 saturated heterocycles. The molecule has 20 heavy (non-hydrogen) atoms. The summed E-state index contributed by atoms with van der Waals surface area (Å²) in [5.74, 6) is 0. The monoisotopic (exact) mass is 284 g/mol. The van der Waals surface area contributed by atoms with E-state index in [4.69, 9.17) is 0 Å². The highest BCUT2D eigenvalue weighted by molar-refractivity contribution is 6.92. The van der Waals surface area contributed by atoms with Crippen molar-refractivity contribution in [2.24, 2.45) is 0 Å². The molecule has 1 aliphatic carbocycles. The fraction of sp³-hybridized carbons (Fsp3) is 0.474. The van der Waals surface area contributed by atoms with E-state index >= 15 is 0 Å². The van der Waals surface area contributed by atoms with Crippen molar-refractivity contribution < 1.29 is 0 Å². The molecular weight excluding hydrogens is 256 g/mol. The normalized spacial score (nSPS) is 15.2. The molecule has 0 N–H and O–H groups in total. The van der Waals surface area contributed by atoms with Gasteiger partial charge in [0.2, 0.25) is 0 Å². The Morgan fingerprint density at radius 1 is 0.850 bits per heavy atom. The maximum absolute atomic E-state index is 4.46. The molecule has 108 valence electrons. The van der Waals surface area contributed by atoms with Gasteiger partial charge in [0, 0.05) is 0 Å². The van der Waals surface area contributed by atoms with Crippen LogP contribution in [0.3, 0.4) is 0 Å². The highest BCUT2D eigenvalue weighted by Crippen LogP contribution is 2.52. The topological polar surface area (TPSA) is 0 Å². The van der Waals surface area contributed by atoms with Crippen molar-refractivity contribution in [1.82, 2.24) is 0 Å². The highest BCUT2D eigenvalue weighted by atomic mass is 28.3.